The largest absolute Gasteiger partial charge is 0.297 e. The van der Waals surface area contributed by atoms with Crippen molar-refractivity contribution in [2.45, 2.75) is 13.1 Å². The molecule has 2 rings (SSSR count). The second-order valence-corrected chi connectivity index (χ2v) is 5.61. The van der Waals surface area contributed by atoms with Gasteiger partial charge in [-0.3, -0.25) is 4.90 Å². The molecule has 90 valence electrons. The van der Waals surface area contributed by atoms with E-state index in [-0.39, 0.29) is 0 Å². The van der Waals surface area contributed by atoms with Gasteiger partial charge in [0.2, 0.25) is 0 Å². The van der Waals surface area contributed by atoms with E-state index in [0.717, 1.165) is 18.7 Å². The average Bonchev–Trinajstić information content (AvgIpc) is 2.75. The number of halogens is 2. The number of hydrogen-bond donors (Lipinski definition) is 0. The molecule has 0 unspecified atom stereocenters. The van der Waals surface area contributed by atoms with Gasteiger partial charge in [0, 0.05) is 23.5 Å². The molecule has 0 aliphatic rings. The van der Waals surface area contributed by atoms with E-state index < -0.39 is 0 Å². The predicted octanol–water partition coefficient (Wildman–Crippen LogP) is 4.08. The fourth-order valence-corrected chi connectivity index (χ4v) is 2.76. The molecule has 0 bridgehead atoms. The zero-order valence-electron chi connectivity index (χ0n) is 9.36. The van der Waals surface area contributed by atoms with Crippen LogP contribution in [0, 0.1) is 0 Å². The topological polar surface area (TPSA) is 16.1 Å². The summed E-state index contributed by atoms with van der Waals surface area (Å²) in [4.78, 5) is 7.57. The Bertz CT molecular complexity index is 485. The summed E-state index contributed by atoms with van der Waals surface area (Å²) in [6.07, 6.45) is 0. The number of hydrogen-bond acceptors (Lipinski definition) is 3. The third kappa shape index (κ3) is 3.68. The summed E-state index contributed by atoms with van der Waals surface area (Å²) in [5.74, 6) is 0. The lowest BCUT2D eigenvalue weighted by Gasteiger charge is -2.16. The van der Waals surface area contributed by atoms with Gasteiger partial charge in [-0.1, -0.05) is 35.3 Å². The predicted molar refractivity (Wildman–Crippen MR) is 73.7 cm³/mol. The first-order chi connectivity index (χ1) is 8.15. The molecule has 17 heavy (non-hydrogen) atoms. The summed E-state index contributed by atoms with van der Waals surface area (Å²) in [5, 5.41) is 3.00. The van der Waals surface area contributed by atoms with Crippen molar-refractivity contribution in [1.82, 2.24) is 9.88 Å². The fraction of sp³-hybridized carbons (Fsp3) is 0.250. The molecule has 0 saturated carbocycles. The zero-order chi connectivity index (χ0) is 12.3. The average molecular weight is 287 g/mol. The molecule has 0 atom stereocenters. The summed E-state index contributed by atoms with van der Waals surface area (Å²) in [6.45, 7) is 1.68. The minimum absolute atomic E-state index is 0.430. The normalized spacial score (nSPS) is 11.1. The smallest absolute Gasteiger partial charge is 0.135 e. The minimum atomic E-state index is 0.430. The van der Waals surface area contributed by atoms with E-state index in [0.29, 0.717) is 10.3 Å². The Balaban J connectivity index is 2.00. The Morgan fingerprint density at radius 1 is 1.24 bits per heavy atom. The van der Waals surface area contributed by atoms with Crippen LogP contribution in [0.1, 0.15) is 10.4 Å². The molecule has 0 aromatic carbocycles. The van der Waals surface area contributed by atoms with Crippen molar-refractivity contribution in [3.63, 3.8) is 0 Å². The highest BCUT2D eigenvalue weighted by Crippen LogP contribution is 2.19. The molecule has 2 nitrogen and oxygen atoms in total. The van der Waals surface area contributed by atoms with Gasteiger partial charge in [0.05, 0.1) is 0 Å². The SMILES string of the molecule is CN(Cc1cccs1)Cc1ccc(Cl)nc1Cl. The summed E-state index contributed by atoms with van der Waals surface area (Å²) in [6, 6.07) is 7.87. The van der Waals surface area contributed by atoms with E-state index in [1.54, 1.807) is 17.4 Å². The van der Waals surface area contributed by atoms with Gasteiger partial charge in [-0.15, -0.1) is 11.3 Å². The zero-order valence-corrected chi connectivity index (χ0v) is 11.7. The van der Waals surface area contributed by atoms with Gasteiger partial charge in [0.15, 0.2) is 0 Å². The molecule has 0 aliphatic heterocycles. The Labute approximate surface area is 115 Å². The Morgan fingerprint density at radius 2 is 2.06 bits per heavy atom. The van der Waals surface area contributed by atoms with E-state index in [9.17, 15) is 0 Å². The van der Waals surface area contributed by atoms with Crippen LogP contribution < -0.4 is 0 Å². The van der Waals surface area contributed by atoms with Gasteiger partial charge in [-0.2, -0.15) is 0 Å². The number of aromatic nitrogens is 1. The van der Waals surface area contributed by atoms with Crippen LogP contribution in [0.3, 0.4) is 0 Å². The van der Waals surface area contributed by atoms with E-state index >= 15 is 0 Å². The van der Waals surface area contributed by atoms with Crippen molar-refractivity contribution >= 4 is 34.5 Å². The van der Waals surface area contributed by atoms with Crippen LogP contribution in [0.2, 0.25) is 10.3 Å². The molecule has 0 N–H and O–H groups in total. The first-order valence-corrected chi connectivity index (χ1v) is 6.80. The molecule has 0 spiro atoms. The number of nitrogens with zero attached hydrogens (tertiary/aromatic N) is 2. The summed E-state index contributed by atoms with van der Waals surface area (Å²) < 4.78 is 0. The number of thiophene rings is 1. The van der Waals surface area contributed by atoms with Crippen LogP contribution in [0.5, 0.6) is 0 Å². The Hall–Kier alpha value is -0.610. The maximum absolute atomic E-state index is 6.04. The molecule has 0 aliphatic carbocycles. The fourth-order valence-electron chi connectivity index (χ4n) is 1.57. The monoisotopic (exact) mass is 286 g/mol. The van der Waals surface area contributed by atoms with Crippen molar-refractivity contribution in [2.75, 3.05) is 7.05 Å². The Kier molecular flexibility index (Phi) is 4.40. The molecule has 0 amide bonds. The summed E-state index contributed by atoms with van der Waals surface area (Å²) in [5.41, 5.74) is 0.995. The highest BCUT2D eigenvalue weighted by molar-refractivity contribution is 7.09. The molecule has 2 aromatic heterocycles. The highest BCUT2D eigenvalue weighted by atomic mass is 35.5. The van der Waals surface area contributed by atoms with Crippen LogP contribution in [-0.2, 0) is 13.1 Å². The van der Waals surface area contributed by atoms with Gasteiger partial charge in [0.25, 0.3) is 0 Å². The van der Waals surface area contributed by atoms with E-state index in [2.05, 4.69) is 34.4 Å². The van der Waals surface area contributed by atoms with Crippen molar-refractivity contribution in [2.24, 2.45) is 0 Å². The second-order valence-electron chi connectivity index (χ2n) is 3.84. The highest BCUT2D eigenvalue weighted by Gasteiger charge is 2.07. The number of pyridine rings is 1. The van der Waals surface area contributed by atoms with Gasteiger partial charge in [0.1, 0.15) is 10.3 Å². The van der Waals surface area contributed by atoms with Crippen molar-refractivity contribution in [1.29, 1.82) is 0 Å². The molecular formula is C12H12Cl2N2S. The van der Waals surface area contributed by atoms with Crippen molar-refractivity contribution in [3.05, 3.63) is 50.4 Å². The van der Waals surface area contributed by atoms with E-state index in [4.69, 9.17) is 23.2 Å². The van der Waals surface area contributed by atoms with Crippen LogP contribution in [0.15, 0.2) is 29.6 Å². The van der Waals surface area contributed by atoms with Gasteiger partial charge < -0.3 is 0 Å². The molecule has 0 radical (unpaired) electrons. The maximum atomic E-state index is 6.04. The lowest BCUT2D eigenvalue weighted by molar-refractivity contribution is 0.321. The molecule has 2 aromatic rings. The van der Waals surface area contributed by atoms with Crippen LogP contribution >= 0.6 is 34.5 Å². The van der Waals surface area contributed by atoms with Gasteiger partial charge >= 0.3 is 0 Å². The third-order valence-electron chi connectivity index (χ3n) is 2.34. The lowest BCUT2D eigenvalue weighted by Crippen LogP contribution is -2.17. The van der Waals surface area contributed by atoms with Gasteiger partial charge in [-0.25, -0.2) is 4.98 Å². The minimum Gasteiger partial charge on any atom is -0.297 e. The first-order valence-electron chi connectivity index (χ1n) is 5.17. The van der Waals surface area contributed by atoms with Crippen molar-refractivity contribution in [3.8, 4) is 0 Å². The standard InChI is InChI=1S/C12H12Cl2N2S/c1-16(8-10-3-2-6-17-10)7-9-4-5-11(13)15-12(9)14/h2-6H,7-8H2,1H3. The van der Waals surface area contributed by atoms with Crippen molar-refractivity contribution < 1.29 is 0 Å². The number of rotatable bonds is 4. The van der Waals surface area contributed by atoms with Crippen LogP contribution in [-0.4, -0.2) is 16.9 Å². The lowest BCUT2D eigenvalue weighted by atomic mass is 10.2. The molecule has 0 fully saturated rings. The van der Waals surface area contributed by atoms with E-state index in [1.165, 1.54) is 4.88 Å². The Morgan fingerprint density at radius 3 is 2.71 bits per heavy atom. The van der Waals surface area contributed by atoms with Crippen LogP contribution in [0.25, 0.3) is 0 Å². The third-order valence-corrected chi connectivity index (χ3v) is 3.74. The summed E-state index contributed by atoms with van der Waals surface area (Å²) >= 11 is 13.6. The maximum Gasteiger partial charge on any atom is 0.135 e. The molecular weight excluding hydrogens is 275 g/mol. The van der Waals surface area contributed by atoms with E-state index in [1.807, 2.05) is 6.07 Å². The molecule has 5 heteroatoms. The van der Waals surface area contributed by atoms with Crippen LogP contribution in [0.4, 0.5) is 0 Å². The quantitative estimate of drug-likeness (QED) is 0.788. The molecule has 2 heterocycles. The van der Waals surface area contributed by atoms with Gasteiger partial charge in [-0.05, 0) is 24.6 Å². The second kappa shape index (κ2) is 5.83. The molecule has 0 saturated heterocycles. The first kappa shape index (κ1) is 12.8. The summed E-state index contributed by atoms with van der Waals surface area (Å²) in [7, 11) is 2.06.